The number of nitriles is 1. The van der Waals surface area contributed by atoms with Gasteiger partial charge in [-0.2, -0.15) is 5.26 Å². The van der Waals surface area contributed by atoms with Crippen LogP contribution in [-0.2, 0) is 5.41 Å². The first kappa shape index (κ1) is 11.4. The Morgan fingerprint density at radius 1 is 1.47 bits per heavy atom. The molecule has 1 N–H and O–H groups in total. The molecule has 0 amide bonds. The van der Waals surface area contributed by atoms with Crippen LogP contribution in [-0.4, -0.2) is 11.7 Å². The number of para-hydroxylation sites is 1. The van der Waals surface area contributed by atoms with Gasteiger partial charge in [0.2, 0.25) is 0 Å². The monoisotopic (exact) mass is 205 g/mol. The van der Waals surface area contributed by atoms with E-state index in [1.54, 1.807) is 32.0 Å². The molecule has 0 heterocycles. The van der Waals surface area contributed by atoms with Crippen molar-refractivity contribution in [3.05, 3.63) is 23.8 Å². The van der Waals surface area contributed by atoms with Gasteiger partial charge in [-0.05, 0) is 26.8 Å². The number of ether oxygens (including phenoxy) is 1. The molecule has 0 fully saturated rings. The minimum atomic E-state index is -0.711. The minimum absolute atomic E-state index is 0.0610. The second-order valence-corrected chi connectivity index (χ2v) is 3.82. The van der Waals surface area contributed by atoms with E-state index >= 15 is 0 Å². The SMILES string of the molecule is CCOc1cccc(C(C)(C)C#N)c1O. The molecule has 0 unspecified atom stereocenters. The predicted molar refractivity (Wildman–Crippen MR) is 57.9 cm³/mol. The van der Waals surface area contributed by atoms with Crippen LogP contribution in [0.25, 0.3) is 0 Å². The van der Waals surface area contributed by atoms with Crippen molar-refractivity contribution in [1.82, 2.24) is 0 Å². The Bertz CT molecular complexity index is 391. The summed E-state index contributed by atoms with van der Waals surface area (Å²) in [6, 6.07) is 7.36. The van der Waals surface area contributed by atoms with Crippen LogP contribution in [0, 0.1) is 11.3 Å². The molecule has 0 saturated heterocycles. The number of benzene rings is 1. The molecule has 0 aromatic heterocycles. The fourth-order valence-electron chi connectivity index (χ4n) is 1.36. The molecule has 15 heavy (non-hydrogen) atoms. The summed E-state index contributed by atoms with van der Waals surface area (Å²) in [7, 11) is 0. The Hall–Kier alpha value is -1.69. The van der Waals surface area contributed by atoms with E-state index in [1.165, 1.54) is 0 Å². The van der Waals surface area contributed by atoms with Gasteiger partial charge in [0.25, 0.3) is 0 Å². The fourth-order valence-corrected chi connectivity index (χ4v) is 1.36. The van der Waals surface area contributed by atoms with E-state index in [0.717, 1.165) is 0 Å². The summed E-state index contributed by atoms with van der Waals surface area (Å²) in [5.74, 6) is 0.490. The van der Waals surface area contributed by atoms with Crippen molar-refractivity contribution in [2.75, 3.05) is 6.61 Å². The van der Waals surface area contributed by atoms with Crippen LogP contribution >= 0.6 is 0 Å². The summed E-state index contributed by atoms with van der Waals surface area (Å²) in [4.78, 5) is 0. The minimum Gasteiger partial charge on any atom is -0.504 e. The molecule has 0 aliphatic rings. The Kier molecular flexibility index (Phi) is 3.21. The van der Waals surface area contributed by atoms with E-state index < -0.39 is 5.41 Å². The molecule has 0 spiro atoms. The maximum Gasteiger partial charge on any atom is 0.162 e. The number of hydrogen-bond donors (Lipinski definition) is 1. The van der Waals surface area contributed by atoms with E-state index in [2.05, 4.69) is 6.07 Å². The Morgan fingerprint density at radius 2 is 2.13 bits per heavy atom. The van der Waals surface area contributed by atoms with Crippen molar-refractivity contribution < 1.29 is 9.84 Å². The molecule has 3 nitrogen and oxygen atoms in total. The van der Waals surface area contributed by atoms with Gasteiger partial charge < -0.3 is 9.84 Å². The lowest BCUT2D eigenvalue weighted by Crippen LogP contribution is -2.14. The first-order chi connectivity index (χ1) is 7.03. The zero-order chi connectivity index (χ0) is 11.5. The second kappa shape index (κ2) is 4.22. The number of phenolic OH excluding ortho intramolecular Hbond substituents is 1. The van der Waals surface area contributed by atoms with E-state index in [-0.39, 0.29) is 5.75 Å². The van der Waals surface area contributed by atoms with Gasteiger partial charge in [-0.25, -0.2) is 0 Å². The average Bonchev–Trinajstić information content (AvgIpc) is 2.21. The summed E-state index contributed by atoms with van der Waals surface area (Å²) in [6.45, 7) is 5.86. The molecule has 0 atom stereocenters. The van der Waals surface area contributed by atoms with Crippen LogP contribution < -0.4 is 4.74 Å². The van der Waals surface area contributed by atoms with E-state index in [4.69, 9.17) is 10.00 Å². The molecule has 0 aliphatic heterocycles. The first-order valence-corrected chi connectivity index (χ1v) is 4.89. The number of rotatable bonds is 3. The summed E-state index contributed by atoms with van der Waals surface area (Å²) in [5.41, 5.74) is -0.118. The van der Waals surface area contributed by atoms with Crippen molar-refractivity contribution in [2.24, 2.45) is 0 Å². The van der Waals surface area contributed by atoms with Crippen molar-refractivity contribution >= 4 is 0 Å². The fraction of sp³-hybridized carbons (Fsp3) is 0.417. The van der Waals surface area contributed by atoms with Gasteiger partial charge in [0.1, 0.15) is 0 Å². The molecule has 3 heteroatoms. The molecule has 0 bridgehead atoms. The molecule has 0 radical (unpaired) electrons. The van der Waals surface area contributed by atoms with Crippen LogP contribution in [0.15, 0.2) is 18.2 Å². The van der Waals surface area contributed by atoms with Gasteiger partial charge >= 0.3 is 0 Å². The van der Waals surface area contributed by atoms with Crippen molar-refractivity contribution in [1.29, 1.82) is 5.26 Å². The highest BCUT2D eigenvalue weighted by molar-refractivity contribution is 5.50. The molecular formula is C12H15NO2. The Morgan fingerprint density at radius 3 is 2.67 bits per heavy atom. The number of phenols is 1. The first-order valence-electron chi connectivity index (χ1n) is 4.89. The molecular weight excluding hydrogens is 190 g/mol. The normalized spacial score (nSPS) is 10.8. The number of aromatic hydroxyl groups is 1. The summed E-state index contributed by atoms with van der Waals surface area (Å²) < 4.78 is 5.26. The highest BCUT2D eigenvalue weighted by atomic mass is 16.5. The lowest BCUT2D eigenvalue weighted by atomic mass is 9.85. The smallest absolute Gasteiger partial charge is 0.162 e. The number of nitrogens with zero attached hydrogens (tertiary/aromatic N) is 1. The lowest BCUT2D eigenvalue weighted by Gasteiger charge is -2.18. The van der Waals surface area contributed by atoms with Crippen molar-refractivity contribution in [3.63, 3.8) is 0 Å². The zero-order valence-corrected chi connectivity index (χ0v) is 9.24. The quantitative estimate of drug-likeness (QED) is 0.825. The Labute approximate surface area is 89.9 Å². The summed E-state index contributed by atoms with van der Waals surface area (Å²) in [6.07, 6.45) is 0. The van der Waals surface area contributed by atoms with E-state index in [0.29, 0.717) is 17.9 Å². The second-order valence-electron chi connectivity index (χ2n) is 3.82. The predicted octanol–water partition coefficient (Wildman–Crippen LogP) is 2.59. The van der Waals surface area contributed by atoms with Gasteiger partial charge in [-0.15, -0.1) is 0 Å². The van der Waals surface area contributed by atoms with Gasteiger partial charge in [0.15, 0.2) is 11.5 Å². The Balaban J connectivity index is 3.22. The van der Waals surface area contributed by atoms with Crippen LogP contribution in [0.3, 0.4) is 0 Å². The molecule has 80 valence electrons. The third-order valence-corrected chi connectivity index (χ3v) is 2.25. The third-order valence-electron chi connectivity index (χ3n) is 2.25. The molecule has 0 aliphatic carbocycles. The van der Waals surface area contributed by atoms with Gasteiger partial charge in [0.05, 0.1) is 18.1 Å². The zero-order valence-electron chi connectivity index (χ0n) is 9.24. The van der Waals surface area contributed by atoms with Gasteiger partial charge in [0, 0.05) is 5.56 Å². The molecule has 1 aromatic carbocycles. The van der Waals surface area contributed by atoms with Crippen LogP contribution in [0.2, 0.25) is 0 Å². The summed E-state index contributed by atoms with van der Waals surface area (Å²) in [5, 5.41) is 18.9. The summed E-state index contributed by atoms with van der Waals surface area (Å²) >= 11 is 0. The van der Waals surface area contributed by atoms with Crippen LogP contribution in [0.5, 0.6) is 11.5 Å². The standard InChI is InChI=1S/C12H15NO2/c1-4-15-10-7-5-6-9(11(10)14)12(2,3)8-13/h5-7,14H,4H2,1-3H3. The highest BCUT2D eigenvalue weighted by Gasteiger charge is 2.24. The third kappa shape index (κ3) is 2.21. The highest BCUT2D eigenvalue weighted by Crippen LogP contribution is 2.37. The van der Waals surface area contributed by atoms with E-state index in [1.807, 2.05) is 6.92 Å². The average molecular weight is 205 g/mol. The lowest BCUT2D eigenvalue weighted by molar-refractivity contribution is 0.315. The van der Waals surface area contributed by atoms with Crippen LogP contribution in [0.4, 0.5) is 0 Å². The largest absolute Gasteiger partial charge is 0.504 e. The molecule has 1 aromatic rings. The van der Waals surface area contributed by atoms with Gasteiger partial charge in [-0.1, -0.05) is 12.1 Å². The topological polar surface area (TPSA) is 53.2 Å². The maximum absolute atomic E-state index is 9.91. The van der Waals surface area contributed by atoms with Crippen molar-refractivity contribution in [3.8, 4) is 17.6 Å². The van der Waals surface area contributed by atoms with Crippen molar-refractivity contribution in [2.45, 2.75) is 26.2 Å². The molecule has 0 saturated carbocycles. The van der Waals surface area contributed by atoms with Gasteiger partial charge in [-0.3, -0.25) is 0 Å². The maximum atomic E-state index is 9.91. The van der Waals surface area contributed by atoms with Crippen LogP contribution in [0.1, 0.15) is 26.3 Å². The molecule has 1 rings (SSSR count). The van der Waals surface area contributed by atoms with E-state index in [9.17, 15) is 5.11 Å². The number of hydrogen-bond acceptors (Lipinski definition) is 3.